The molecule has 0 aromatic carbocycles. The van der Waals surface area contributed by atoms with Crippen LogP contribution in [0.4, 0.5) is 5.69 Å². The van der Waals surface area contributed by atoms with Crippen LogP contribution in [0.15, 0.2) is 34.3 Å². The van der Waals surface area contributed by atoms with E-state index in [0.717, 1.165) is 0 Å². The topological polar surface area (TPSA) is 101 Å². The van der Waals surface area contributed by atoms with E-state index >= 15 is 0 Å². The summed E-state index contributed by atoms with van der Waals surface area (Å²) in [5.74, 6) is 0. The van der Waals surface area contributed by atoms with Crippen molar-refractivity contribution in [2.75, 3.05) is 4.72 Å². The van der Waals surface area contributed by atoms with E-state index < -0.39 is 10.0 Å². The van der Waals surface area contributed by atoms with Crippen molar-refractivity contribution in [2.24, 2.45) is 0 Å². The van der Waals surface area contributed by atoms with Crippen LogP contribution in [0.1, 0.15) is 0 Å². The van der Waals surface area contributed by atoms with Gasteiger partial charge < -0.3 is 4.52 Å². The fourth-order valence-corrected chi connectivity index (χ4v) is 1.78. The van der Waals surface area contributed by atoms with E-state index in [-0.39, 0.29) is 10.6 Å². The van der Waals surface area contributed by atoms with Crippen LogP contribution < -0.4 is 4.72 Å². The molecule has 0 aliphatic carbocycles. The molecule has 0 aliphatic rings. The van der Waals surface area contributed by atoms with Crippen molar-refractivity contribution in [1.82, 2.24) is 15.4 Å². The lowest BCUT2D eigenvalue weighted by Gasteiger charge is -2.00. The van der Waals surface area contributed by atoms with Gasteiger partial charge in [-0.1, -0.05) is 5.16 Å². The molecule has 0 aliphatic heterocycles. The third kappa shape index (κ3) is 1.59. The van der Waals surface area contributed by atoms with Crippen molar-refractivity contribution >= 4 is 15.7 Å². The average Bonchev–Trinajstić information content (AvgIpc) is 2.71. The summed E-state index contributed by atoms with van der Waals surface area (Å²) in [6.07, 6.45) is 4.93. The highest BCUT2D eigenvalue weighted by Gasteiger charge is 2.15. The van der Waals surface area contributed by atoms with Crippen LogP contribution in [-0.2, 0) is 10.0 Å². The van der Waals surface area contributed by atoms with Crippen molar-refractivity contribution in [3.05, 3.63) is 24.9 Å². The van der Waals surface area contributed by atoms with Gasteiger partial charge in [-0.25, -0.2) is 8.42 Å². The van der Waals surface area contributed by atoms with E-state index in [1.54, 1.807) is 0 Å². The van der Waals surface area contributed by atoms with Gasteiger partial charge in [0.15, 0.2) is 0 Å². The minimum Gasteiger partial charge on any atom is -0.362 e. The summed E-state index contributed by atoms with van der Waals surface area (Å²) in [5, 5.41) is 9.30. The van der Waals surface area contributed by atoms with Crippen LogP contribution in [0.25, 0.3) is 0 Å². The van der Waals surface area contributed by atoms with Crippen LogP contribution in [0.2, 0.25) is 0 Å². The molecule has 8 heteroatoms. The minimum atomic E-state index is -3.58. The second kappa shape index (κ2) is 3.14. The lowest BCUT2D eigenvalue weighted by molar-refractivity contribution is 0.420. The first-order valence-electron chi connectivity index (χ1n) is 3.59. The molecule has 0 amide bonds. The van der Waals surface area contributed by atoms with Crippen LogP contribution >= 0.6 is 0 Å². The van der Waals surface area contributed by atoms with Gasteiger partial charge in [-0.2, -0.15) is 5.10 Å². The SMILES string of the molecule is O=S(=O)(Nc1cnoc1)c1cn[nH]c1. The van der Waals surface area contributed by atoms with Crippen LogP contribution in [-0.4, -0.2) is 23.8 Å². The Hall–Kier alpha value is -1.83. The fourth-order valence-electron chi connectivity index (χ4n) is 0.855. The Balaban J connectivity index is 2.27. The first-order chi connectivity index (χ1) is 6.68. The van der Waals surface area contributed by atoms with E-state index in [1.165, 1.54) is 24.9 Å². The molecule has 0 radical (unpaired) electrons. The largest absolute Gasteiger partial charge is 0.362 e. The lowest BCUT2D eigenvalue weighted by Crippen LogP contribution is -2.11. The first-order valence-corrected chi connectivity index (χ1v) is 5.08. The number of rotatable bonds is 3. The third-order valence-electron chi connectivity index (χ3n) is 1.47. The van der Waals surface area contributed by atoms with Crippen LogP contribution in [0, 0.1) is 0 Å². The third-order valence-corrected chi connectivity index (χ3v) is 2.82. The maximum absolute atomic E-state index is 11.5. The summed E-state index contributed by atoms with van der Waals surface area (Å²) in [7, 11) is -3.58. The molecular formula is C6H6N4O3S. The summed E-state index contributed by atoms with van der Waals surface area (Å²) in [4.78, 5) is 0.0544. The molecule has 0 bridgehead atoms. The highest BCUT2D eigenvalue weighted by atomic mass is 32.2. The molecule has 0 fully saturated rings. The number of hydrogen-bond acceptors (Lipinski definition) is 5. The molecule has 2 rings (SSSR count). The van der Waals surface area contributed by atoms with Crippen molar-refractivity contribution in [1.29, 1.82) is 0 Å². The standard InChI is InChI=1S/C6H6N4O3S/c11-14(12,6-2-7-8-3-6)10-5-1-9-13-4-5/h1-4,10H,(H,7,8). The van der Waals surface area contributed by atoms with Gasteiger partial charge in [-0.3, -0.25) is 9.82 Å². The number of nitrogens with zero attached hydrogens (tertiary/aromatic N) is 2. The zero-order valence-electron chi connectivity index (χ0n) is 6.84. The van der Waals surface area contributed by atoms with E-state index in [1.807, 2.05) is 0 Å². The number of nitrogens with one attached hydrogen (secondary N) is 2. The Bertz CT molecular complexity index is 487. The number of aromatic amines is 1. The molecule has 2 aromatic rings. The first kappa shape index (κ1) is 8.75. The molecule has 14 heavy (non-hydrogen) atoms. The van der Waals surface area contributed by atoms with E-state index in [9.17, 15) is 8.42 Å². The summed E-state index contributed by atoms with van der Waals surface area (Å²) in [6.45, 7) is 0. The van der Waals surface area contributed by atoms with E-state index in [0.29, 0.717) is 0 Å². The van der Waals surface area contributed by atoms with Gasteiger partial charge in [0.05, 0.1) is 12.4 Å². The minimum absolute atomic E-state index is 0.0544. The molecular weight excluding hydrogens is 208 g/mol. The zero-order valence-corrected chi connectivity index (χ0v) is 7.65. The Morgan fingerprint density at radius 2 is 2.29 bits per heavy atom. The molecule has 0 unspecified atom stereocenters. The summed E-state index contributed by atoms with van der Waals surface area (Å²) in [6, 6.07) is 0. The Kier molecular flexibility index (Phi) is 1.97. The zero-order chi connectivity index (χ0) is 10.0. The molecule has 0 spiro atoms. The molecule has 2 aromatic heterocycles. The predicted molar refractivity (Wildman–Crippen MR) is 45.9 cm³/mol. The normalized spacial score (nSPS) is 11.4. The highest BCUT2D eigenvalue weighted by Crippen LogP contribution is 2.12. The number of hydrogen-bond donors (Lipinski definition) is 2. The van der Waals surface area contributed by atoms with Gasteiger partial charge in [0.1, 0.15) is 16.8 Å². The molecule has 0 saturated carbocycles. The van der Waals surface area contributed by atoms with E-state index in [2.05, 4.69) is 24.6 Å². The van der Waals surface area contributed by atoms with Crippen molar-refractivity contribution < 1.29 is 12.9 Å². The van der Waals surface area contributed by atoms with Gasteiger partial charge in [-0.05, 0) is 0 Å². The molecule has 0 saturated heterocycles. The summed E-state index contributed by atoms with van der Waals surface area (Å²) >= 11 is 0. The van der Waals surface area contributed by atoms with Gasteiger partial charge in [0.2, 0.25) is 0 Å². The maximum Gasteiger partial charge on any atom is 0.265 e. The summed E-state index contributed by atoms with van der Waals surface area (Å²) < 4.78 is 29.8. The maximum atomic E-state index is 11.5. The second-order valence-electron chi connectivity index (χ2n) is 2.45. The number of anilines is 1. The quantitative estimate of drug-likeness (QED) is 0.759. The average molecular weight is 214 g/mol. The molecule has 2 N–H and O–H groups in total. The highest BCUT2D eigenvalue weighted by molar-refractivity contribution is 7.92. The number of sulfonamides is 1. The van der Waals surface area contributed by atoms with Gasteiger partial charge in [-0.15, -0.1) is 0 Å². The number of aromatic nitrogens is 3. The lowest BCUT2D eigenvalue weighted by atomic mass is 10.6. The predicted octanol–water partition coefficient (Wildman–Crippen LogP) is 0.198. The van der Waals surface area contributed by atoms with Crippen molar-refractivity contribution in [3.8, 4) is 0 Å². The van der Waals surface area contributed by atoms with E-state index in [4.69, 9.17) is 0 Å². The molecule has 74 valence electrons. The van der Waals surface area contributed by atoms with Crippen molar-refractivity contribution in [2.45, 2.75) is 4.90 Å². The number of H-pyrrole nitrogens is 1. The van der Waals surface area contributed by atoms with Crippen LogP contribution in [0.3, 0.4) is 0 Å². The monoisotopic (exact) mass is 214 g/mol. The van der Waals surface area contributed by atoms with Gasteiger partial charge in [0, 0.05) is 6.20 Å². The van der Waals surface area contributed by atoms with Crippen LogP contribution in [0.5, 0.6) is 0 Å². The van der Waals surface area contributed by atoms with Crippen molar-refractivity contribution in [3.63, 3.8) is 0 Å². The summed E-state index contributed by atoms with van der Waals surface area (Å²) in [5.41, 5.74) is 0.270. The molecule has 0 atom stereocenters. The molecule has 2 heterocycles. The Labute approximate surface area is 79.2 Å². The van der Waals surface area contributed by atoms with Gasteiger partial charge in [0.25, 0.3) is 10.0 Å². The smallest absolute Gasteiger partial charge is 0.265 e. The fraction of sp³-hybridized carbons (Fsp3) is 0. The van der Waals surface area contributed by atoms with Gasteiger partial charge >= 0.3 is 0 Å². The molecule has 7 nitrogen and oxygen atoms in total. The second-order valence-corrected chi connectivity index (χ2v) is 4.14. The Morgan fingerprint density at radius 1 is 1.43 bits per heavy atom. The Morgan fingerprint density at radius 3 is 2.86 bits per heavy atom.